The van der Waals surface area contributed by atoms with Crippen LogP contribution in [0.15, 0.2) is 22.6 Å². The zero-order valence-electron chi connectivity index (χ0n) is 11.8. The molecule has 0 fully saturated rings. The molecule has 0 aliphatic rings. The first kappa shape index (κ1) is 14.7. The van der Waals surface area contributed by atoms with Gasteiger partial charge in [-0.05, 0) is 32.9 Å². The molecule has 0 aliphatic heterocycles. The summed E-state index contributed by atoms with van der Waals surface area (Å²) in [7, 11) is 0. The van der Waals surface area contributed by atoms with Gasteiger partial charge in [0.25, 0.3) is 0 Å². The van der Waals surface area contributed by atoms with Gasteiger partial charge in [0, 0.05) is 0 Å². The van der Waals surface area contributed by atoms with Gasteiger partial charge in [-0.25, -0.2) is 4.98 Å². The Morgan fingerprint density at radius 3 is 2.85 bits per heavy atom. The monoisotopic (exact) mass is 294 g/mol. The molecule has 0 saturated carbocycles. The van der Waals surface area contributed by atoms with Crippen molar-refractivity contribution in [3.8, 4) is 0 Å². The maximum absolute atomic E-state index is 11.6. The Labute approximate surface area is 121 Å². The van der Waals surface area contributed by atoms with Crippen molar-refractivity contribution in [3.05, 3.63) is 24.1 Å². The number of carbonyl (C=O) groups is 1. The fourth-order valence-electron chi connectivity index (χ4n) is 1.67. The summed E-state index contributed by atoms with van der Waals surface area (Å²) < 4.78 is 10.8. The number of esters is 1. The molecule has 2 rings (SSSR count). The second-order valence-corrected chi connectivity index (χ2v) is 6.37. The van der Waals surface area contributed by atoms with Crippen LogP contribution in [0.4, 0.5) is 5.69 Å². The van der Waals surface area contributed by atoms with Crippen molar-refractivity contribution in [3.63, 3.8) is 0 Å². The van der Waals surface area contributed by atoms with E-state index in [1.54, 1.807) is 6.07 Å². The van der Waals surface area contributed by atoms with E-state index in [-0.39, 0.29) is 11.7 Å². The maximum Gasteiger partial charge on any atom is 0.316 e. The number of thioether (sulfide) groups is 1. The third-order valence-corrected chi connectivity index (χ3v) is 3.25. The Balaban J connectivity index is 1.90. The number of carbonyl (C=O) groups excluding carboxylic acids is 1. The van der Waals surface area contributed by atoms with Gasteiger partial charge in [-0.1, -0.05) is 6.07 Å². The van der Waals surface area contributed by atoms with E-state index in [0.29, 0.717) is 28.4 Å². The molecule has 108 valence electrons. The molecule has 2 N–H and O–H groups in total. The number of benzene rings is 1. The second kappa shape index (κ2) is 5.75. The van der Waals surface area contributed by atoms with Crippen LogP contribution in [0.3, 0.4) is 0 Å². The first-order valence-corrected chi connectivity index (χ1v) is 7.44. The first-order valence-electron chi connectivity index (χ1n) is 6.28. The fraction of sp³-hybridized carbons (Fsp3) is 0.429. The van der Waals surface area contributed by atoms with Gasteiger partial charge in [-0.2, -0.15) is 0 Å². The summed E-state index contributed by atoms with van der Waals surface area (Å²) >= 11 is 1.40. The maximum atomic E-state index is 11.6. The molecule has 0 saturated heterocycles. The predicted octanol–water partition coefficient (Wildman–Crippen LogP) is 2.98. The molecule has 5 nitrogen and oxygen atoms in total. The Hall–Kier alpha value is -1.69. The molecule has 6 heteroatoms. The van der Waals surface area contributed by atoms with Gasteiger partial charge in [-0.3, -0.25) is 4.79 Å². The number of oxazole rings is 1. The summed E-state index contributed by atoms with van der Waals surface area (Å²) in [4.78, 5) is 15.9. The molecule has 0 aliphatic carbocycles. The molecule has 0 atom stereocenters. The average Bonchev–Trinajstić information content (AvgIpc) is 2.71. The number of nitrogens with two attached hydrogens (primary N) is 1. The molecule has 0 unspecified atom stereocenters. The van der Waals surface area contributed by atoms with Crippen molar-refractivity contribution >= 4 is 34.5 Å². The van der Waals surface area contributed by atoms with Gasteiger partial charge in [0.2, 0.25) is 5.89 Å². The van der Waals surface area contributed by atoms with E-state index >= 15 is 0 Å². The molecule has 1 aromatic heterocycles. The van der Waals surface area contributed by atoms with Crippen LogP contribution in [0, 0.1) is 0 Å². The zero-order valence-corrected chi connectivity index (χ0v) is 12.6. The number of para-hydroxylation sites is 1. The molecule has 0 amide bonds. The molecule has 1 aromatic carbocycles. The highest BCUT2D eigenvalue weighted by molar-refractivity contribution is 7.99. The number of hydrogen-bond donors (Lipinski definition) is 1. The van der Waals surface area contributed by atoms with E-state index in [2.05, 4.69) is 4.98 Å². The van der Waals surface area contributed by atoms with Gasteiger partial charge in [0.1, 0.15) is 11.1 Å². The van der Waals surface area contributed by atoms with E-state index in [0.717, 1.165) is 0 Å². The average molecular weight is 294 g/mol. The van der Waals surface area contributed by atoms with Crippen molar-refractivity contribution in [2.75, 3.05) is 11.5 Å². The van der Waals surface area contributed by atoms with Crippen LogP contribution < -0.4 is 5.73 Å². The lowest BCUT2D eigenvalue weighted by molar-refractivity contribution is -0.151. The zero-order chi connectivity index (χ0) is 14.8. The van der Waals surface area contributed by atoms with E-state index in [1.807, 2.05) is 32.9 Å². The highest BCUT2D eigenvalue weighted by Gasteiger charge is 2.16. The molecule has 1 heterocycles. The lowest BCUT2D eigenvalue weighted by Crippen LogP contribution is -2.24. The van der Waals surface area contributed by atoms with E-state index in [9.17, 15) is 4.79 Å². The minimum Gasteiger partial charge on any atom is -0.459 e. The number of fused-ring (bicyclic) bond motifs is 1. The number of nitrogens with zero attached hydrogens (tertiary/aromatic N) is 1. The third kappa shape index (κ3) is 3.90. The Kier molecular flexibility index (Phi) is 4.23. The van der Waals surface area contributed by atoms with Crippen molar-refractivity contribution in [2.24, 2.45) is 0 Å². The summed E-state index contributed by atoms with van der Waals surface area (Å²) in [5.41, 5.74) is 7.28. The number of ether oxygens (including phenoxy) is 1. The number of nitrogen functional groups attached to an aromatic ring is 1. The fourth-order valence-corrected chi connectivity index (χ4v) is 2.30. The molecule has 20 heavy (non-hydrogen) atoms. The van der Waals surface area contributed by atoms with Crippen LogP contribution in [0.2, 0.25) is 0 Å². The van der Waals surface area contributed by atoms with Crippen LogP contribution >= 0.6 is 11.8 Å². The Morgan fingerprint density at radius 1 is 1.45 bits per heavy atom. The molecule has 2 aromatic rings. The van der Waals surface area contributed by atoms with Crippen molar-refractivity contribution in [2.45, 2.75) is 32.1 Å². The molecule has 0 spiro atoms. The summed E-state index contributed by atoms with van der Waals surface area (Å²) in [6, 6.07) is 5.42. The van der Waals surface area contributed by atoms with Crippen molar-refractivity contribution < 1.29 is 13.9 Å². The van der Waals surface area contributed by atoms with Gasteiger partial charge < -0.3 is 14.9 Å². The molecular weight excluding hydrogens is 276 g/mol. The standard InChI is InChI=1S/C14H18N2O3S/c1-14(2,3)19-12(17)8-20-7-11-16-13-9(15)5-4-6-10(13)18-11/h4-6H,7-8,15H2,1-3H3. The van der Waals surface area contributed by atoms with E-state index in [1.165, 1.54) is 11.8 Å². The van der Waals surface area contributed by atoms with Gasteiger partial charge >= 0.3 is 5.97 Å². The normalized spacial score (nSPS) is 11.8. The highest BCUT2D eigenvalue weighted by atomic mass is 32.2. The minimum atomic E-state index is -0.455. The second-order valence-electron chi connectivity index (χ2n) is 5.38. The van der Waals surface area contributed by atoms with Crippen LogP contribution in [-0.2, 0) is 15.3 Å². The summed E-state index contributed by atoms with van der Waals surface area (Å²) in [5.74, 6) is 1.10. The largest absolute Gasteiger partial charge is 0.459 e. The lowest BCUT2D eigenvalue weighted by Gasteiger charge is -2.19. The number of rotatable bonds is 4. The number of aromatic nitrogens is 1. The Bertz CT molecular complexity index is 616. The molecular formula is C14H18N2O3S. The van der Waals surface area contributed by atoms with Crippen LogP contribution in [-0.4, -0.2) is 22.3 Å². The van der Waals surface area contributed by atoms with Crippen molar-refractivity contribution in [1.82, 2.24) is 4.98 Å². The van der Waals surface area contributed by atoms with Crippen LogP contribution in [0.1, 0.15) is 26.7 Å². The first-order chi connectivity index (χ1) is 9.35. The Morgan fingerprint density at radius 2 is 2.20 bits per heavy atom. The summed E-state index contributed by atoms with van der Waals surface area (Å²) in [5, 5.41) is 0. The summed E-state index contributed by atoms with van der Waals surface area (Å²) in [6.07, 6.45) is 0. The molecule has 0 bridgehead atoms. The lowest BCUT2D eigenvalue weighted by atomic mass is 10.2. The topological polar surface area (TPSA) is 78.3 Å². The van der Waals surface area contributed by atoms with Gasteiger partial charge in [0.15, 0.2) is 5.58 Å². The third-order valence-electron chi connectivity index (χ3n) is 2.36. The predicted molar refractivity (Wildman–Crippen MR) is 80.4 cm³/mol. The van der Waals surface area contributed by atoms with E-state index in [4.69, 9.17) is 14.9 Å². The smallest absolute Gasteiger partial charge is 0.316 e. The number of anilines is 1. The highest BCUT2D eigenvalue weighted by Crippen LogP contribution is 2.23. The van der Waals surface area contributed by atoms with Gasteiger partial charge in [0.05, 0.1) is 17.2 Å². The van der Waals surface area contributed by atoms with Crippen LogP contribution in [0.25, 0.3) is 11.1 Å². The van der Waals surface area contributed by atoms with E-state index < -0.39 is 5.60 Å². The number of hydrogen-bond acceptors (Lipinski definition) is 6. The minimum absolute atomic E-state index is 0.238. The molecule has 0 radical (unpaired) electrons. The van der Waals surface area contributed by atoms with Gasteiger partial charge in [-0.15, -0.1) is 11.8 Å². The van der Waals surface area contributed by atoms with Crippen molar-refractivity contribution in [1.29, 1.82) is 0 Å². The quantitative estimate of drug-likeness (QED) is 0.690. The SMILES string of the molecule is CC(C)(C)OC(=O)CSCc1nc2c(N)cccc2o1. The summed E-state index contributed by atoms with van der Waals surface area (Å²) in [6.45, 7) is 5.54. The van der Waals surface area contributed by atoms with Crippen LogP contribution in [0.5, 0.6) is 0 Å².